The van der Waals surface area contributed by atoms with Gasteiger partial charge in [0.1, 0.15) is 12.4 Å². The smallest absolute Gasteiger partial charge is 0.127 e. The Bertz CT molecular complexity index is 591. The summed E-state index contributed by atoms with van der Waals surface area (Å²) < 4.78 is 6.04. The van der Waals surface area contributed by atoms with E-state index in [0.717, 1.165) is 18.9 Å². The molecule has 0 amide bonds. The van der Waals surface area contributed by atoms with Gasteiger partial charge in [0.05, 0.1) is 0 Å². The minimum Gasteiger partial charge on any atom is -0.492 e. The second-order valence-corrected chi connectivity index (χ2v) is 5.72. The van der Waals surface area contributed by atoms with Crippen LogP contribution in [0.4, 0.5) is 0 Å². The van der Waals surface area contributed by atoms with Crippen LogP contribution in [-0.2, 0) is 6.54 Å². The molecule has 0 aliphatic carbocycles. The van der Waals surface area contributed by atoms with Crippen molar-refractivity contribution in [3.8, 4) is 5.75 Å². The first kappa shape index (κ1) is 14.4. The highest BCUT2D eigenvalue weighted by atomic mass is 16.5. The topological polar surface area (TPSA) is 38.5 Å². The number of hydrogen-bond acceptors (Lipinski definition) is 3. The van der Waals surface area contributed by atoms with E-state index < -0.39 is 0 Å². The molecule has 3 heteroatoms. The SMILES string of the molecule is NCc1ccc(OCCN2CCCCC2)c2ccccc12. The second-order valence-electron chi connectivity index (χ2n) is 5.72. The average Bonchev–Trinajstić information content (AvgIpc) is 2.56. The van der Waals surface area contributed by atoms with E-state index in [1.807, 2.05) is 0 Å². The Hall–Kier alpha value is -1.58. The maximum absolute atomic E-state index is 6.04. The third kappa shape index (κ3) is 3.36. The van der Waals surface area contributed by atoms with Gasteiger partial charge in [-0.3, -0.25) is 4.90 Å². The van der Waals surface area contributed by atoms with Crippen LogP contribution in [0.2, 0.25) is 0 Å². The predicted octanol–water partition coefficient (Wildman–Crippen LogP) is 3.16. The third-order valence-electron chi connectivity index (χ3n) is 4.31. The Balaban J connectivity index is 1.69. The van der Waals surface area contributed by atoms with Gasteiger partial charge >= 0.3 is 0 Å². The van der Waals surface area contributed by atoms with Crippen molar-refractivity contribution in [2.24, 2.45) is 5.73 Å². The van der Waals surface area contributed by atoms with Crippen LogP contribution in [0.25, 0.3) is 10.8 Å². The Labute approximate surface area is 126 Å². The first-order chi connectivity index (χ1) is 10.4. The van der Waals surface area contributed by atoms with E-state index in [-0.39, 0.29) is 0 Å². The van der Waals surface area contributed by atoms with Crippen molar-refractivity contribution < 1.29 is 4.74 Å². The molecule has 1 fully saturated rings. The van der Waals surface area contributed by atoms with Crippen LogP contribution >= 0.6 is 0 Å². The largest absolute Gasteiger partial charge is 0.492 e. The Kier molecular flexibility index (Phi) is 4.73. The first-order valence-corrected chi connectivity index (χ1v) is 7.94. The number of nitrogens with two attached hydrogens (primary N) is 1. The number of benzene rings is 2. The highest BCUT2D eigenvalue weighted by molar-refractivity contribution is 5.91. The van der Waals surface area contributed by atoms with Gasteiger partial charge in [0, 0.05) is 18.5 Å². The summed E-state index contributed by atoms with van der Waals surface area (Å²) in [7, 11) is 0. The van der Waals surface area contributed by atoms with Crippen molar-refractivity contribution in [1.29, 1.82) is 0 Å². The summed E-state index contributed by atoms with van der Waals surface area (Å²) in [5.41, 5.74) is 6.99. The second kappa shape index (κ2) is 6.92. The molecule has 2 aromatic carbocycles. The molecule has 2 N–H and O–H groups in total. The monoisotopic (exact) mass is 284 g/mol. The summed E-state index contributed by atoms with van der Waals surface area (Å²) in [6, 6.07) is 12.5. The molecule has 3 rings (SSSR count). The van der Waals surface area contributed by atoms with Crippen LogP contribution in [0.1, 0.15) is 24.8 Å². The van der Waals surface area contributed by atoms with Gasteiger partial charge in [-0.15, -0.1) is 0 Å². The van der Waals surface area contributed by atoms with Crippen molar-refractivity contribution in [1.82, 2.24) is 4.90 Å². The van der Waals surface area contributed by atoms with Gasteiger partial charge in [0.25, 0.3) is 0 Å². The summed E-state index contributed by atoms with van der Waals surface area (Å²) in [4.78, 5) is 2.50. The molecule has 3 nitrogen and oxygen atoms in total. The summed E-state index contributed by atoms with van der Waals surface area (Å²) in [5.74, 6) is 0.972. The molecule has 0 bridgehead atoms. The van der Waals surface area contributed by atoms with Gasteiger partial charge in [0.15, 0.2) is 0 Å². The van der Waals surface area contributed by atoms with Crippen molar-refractivity contribution in [2.45, 2.75) is 25.8 Å². The lowest BCUT2D eigenvalue weighted by molar-refractivity contribution is 0.184. The van der Waals surface area contributed by atoms with Crippen LogP contribution in [0.15, 0.2) is 36.4 Å². The van der Waals surface area contributed by atoms with E-state index >= 15 is 0 Å². The average molecular weight is 284 g/mol. The van der Waals surface area contributed by atoms with E-state index in [1.54, 1.807) is 0 Å². The molecular formula is C18H24N2O. The van der Waals surface area contributed by atoms with E-state index in [4.69, 9.17) is 10.5 Å². The van der Waals surface area contributed by atoms with Crippen LogP contribution < -0.4 is 10.5 Å². The zero-order valence-electron chi connectivity index (χ0n) is 12.6. The molecular weight excluding hydrogens is 260 g/mol. The number of ether oxygens (including phenoxy) is 1. The van der Waals surface area contributed by atoms with E-state index in [1.165, 1.54) is 48.7 Å². The fourth-order valence-electron chi connectivity index (χ4n) is 3.11. The first-order valence-electron chi connectivity index (χ1n) is 7.94. The van der Waals surface area contributed by atoms with Gasteiger partial charge in [0.2, 0.25) is 0 Å². The highest BCUT2D eigenvalue weighted by Gasteiger charge is 2.10. The number of hydrogen-bond donors (Lipinski definition) is 1. The maximum Gasteiger partial charge on any atom is 0.127 e. The summed E-state index contributed by atoms with van der Waals surface area (Å²) >= 11 is 0. The van der Waals surface area contributed by atoms with E-state index in [2.05, 4.69) is 41.3 Å². The molecule has 0 atom stereocenters. The van der Waals surface area contributed by atoms with Crippen LogP contribution in [-0.4, -0.2) is 31.1 Å². The van der Waals surface area contributed by atoms with Crippen molar-refractivity contribution in [3.05, 3.63) is 42.0 Å². The lowest BCUT2D eigenvalue weighted by atomic mass is 10.0. The lowest BCUT2D eigenvalue weighted by Gasteiger charge is -2.26. The maximum atomic E-state index is 6.04. The third-order valence-corrected chi connectivity index (χ3v) is 4.31. The molecule has 1 saturated heterocycles. The van der Waals surface area contributed by atoms with E-state index in [9.17, 15) is 0 Å². The van der Waals surface area contributed by atoms with Crippen LogP contribution in [0, 0.1) is 0 Å². The Morgan fingerprint density at radius 2 is 1.71 bits per heavy atom. The van der Waals surface area contributed by atoms with Gasteiger partial charge in [-0.2, -0.15) is 0 Å². The lowest BCUT2D eigenvalue weighted by Crippen LogP contribution is -2.33. The van der Waals surface area contributed by atoms with Crippen LogP contribution in [0.3, 0.4) is 0 Å². The summed E-state index contributed by atoms with van der Waals surface area (Å²) in [6.07, 6.45) is 4.03. The molecule has 0 spiro atoms. The zero-order valence-corrected chi connectivity index (χ0v) is 12.6. The number of fused-ring (bicyclic) bond motifs is 1. The van der Waals surface area contributed by atoms with Crippen molar-refractivity contribution in [2.75, 3.05) is 26.2 Å². The van der Waals surface area contributed by atoms with Gasteiger partial charge in [-0.05, 0) is 42.9 Å². The minimum atomic E-state index is 0.564. The summed E-state index contributed by atoms with van der Waals surface area (Å²) in [5, 5.41) is 2.37. The van der Waals surface area contributed by atoms with Crippen molar-refractivity contribution >= 4 is 10.8 Å². The number of nitrogens with zero attached hydrogens (tertiary/aromatic N) is 1. The number of piperidine rings is 1. The van der Waals surface area contributed by atoms with Gasteiger partial charge in [-0.25, -0.2) is 0 Å². The fraction of sp³-hybridized carbons (Fsp3) is 0.444. The molecule has 0 saturated carbocycles. The van der Waals surface area contributed by atoms with Gasteiger partial charge in [-0.1, -0.05) is 36.8 Å². The van der Waals surface area contributed by atoms with Crippen molar-refractivity contribution in [3.63, 3.8) is 0 Å². The molecule has 112 valence electrons. The fourth-order valence-corrected chi connectivity index (χ4v) is 3.11. The predicted molar refractivity (Wildman–Crippen MR) is 87.6 cm³/mol. The molecule has 1 aliphatic heterocycles. The minimum absolute atomic E-state index is 0.564. The standard InChI is InChI=1S/C18H24N2O/c19-14-15-8-9-18(17-7-3-2-6-16(15)17)21-13-12-20-10-4-1-5-11-20/h2-3,6-9H,1,4-5,10-14,19H2. The molecule has 2 aromatic rings. The zero-order chi connectivity index (χ0) is 14.5. The molecule has 0 aromatic heterocycles. The quantitative estimate of drug-likeness (QED) is 0.916. The molecule has 1 heterocycles. The Morgan fingerprint density at radius 3 is 2.48 bits per heavy atom. The number of rotatable bonds is 5. The molecule has 21 heavy (non-hydrogen) atoms. The highest BCUT2D eigenvalue weighted by Crippen LogP contribution is 2.28. The number of likely N-dealkylation sites (tertiary alicyclic amines) is 1. The van der Waals surface area contributed by atoms with Crippen LogP contribution in [0.5, 0.6) is 5.75 Å². The van der Waals surface area contributed by atoms with E-state index in [0.29, 0.717) is 6.54 Å². The Morgan fingerprint density at radius 1 is 0.952 bits per heavy atom. The molecule has 0 unspecified atom stereocenters. The van der Waals surface area contributed by atoms with Gasteiger partial charge < -0.3 is 10.5 Å². The normalized spacial score (nSPS) is 16.2. The molecule has 0 radical (unpaired) electrons. The molecule has 1 aliphatic rings. The summed E-state index contributed by atoms with van der Waals surface area (Å²) in [6.45, 7) is 4.78.